The number of carbonyl (C=O) groups is 2. The summed E-state index contributed by atoms with van der Waals surface area (Å²) in [6, 6.07) is 1.34. The molecule has 0 radical (unpaired) electrons. The molecule has 7 heteroatoms. The first-order valence-electron chi connectivity index (χ1n) is 4.48. The fourth-order valence-corrected chi connectivity index (χ4v) is 1.86. The van der Waals surface area contributed by atoms with Crippen molar-refractivity contribution >= 4 is 27.9 Å². The zero-order valence-electron chi connectivity index (χ0n) is 8.81. The summed E-state index contributed by atoms with van der Waals surface area (Å²) in [6.07, 6.45) is 0. The molecule has 1 rings (SSSR count). The number of carboxylic acids is 1. The van der Waals surface area contributed by atoms with Crippen molar-refractivity contribution in [1.29, 1.82) is 0 Å². The van der Waals surface area contributed by atoms with E-state index in [4.69, 9.17) is 10.8 Å². The lowest BCUT2D eigenvalue weighted by molar-refractivity contribution is -0.142. The van der Waals surface area contributed by atoms with Gasteiger partial charge in [0.15, 0.2) is 0 Å². The van der Waals surface area contributed by atoms with Crippen molar-refractivity contribution in [2.45, 2.75) is 6.04 Å². The molecule has 4 N–H and O–H groups in total. The van der Waals surface area contributed by atoms with Crippen molar-refractivity contribution in [2.75, 3.05) is 7.11 Å². The number of rotatable bonds is 3. The van der Waals surface area contributed by atoms with Crippen LogP contribution < -0.4 is 5.73 Å². The third-order valence-corrected chi connectivity index (χ3v) is 2.85. The Balaban J connectivity index is 3.36. The second kappa shape index (κ2) is 5.15. The average molecular weight is 304 g/mol. The third kappa shape index (κ3) is 2.56. The van der Waals surface area contributed by atoms with Gasteiger partial charge in [-0.05, 0) is 12.1 Å². The molecule has 0 spiro atoms. The highest BCUT2D eigenvalue weighted by atomic mass is 79.9. The molecule has 0 bridgehead atoms. The number of nitrogens with two attached hydrogens (primary N) is 1. The molecule has 0 aliphatic carbocycles. The van der Waals surface area contributed by atoms with Crippen molar-refractivity contribution in [3.8, 4) is 5.75 Å². The maximum atomic E-state index is 11.3. The number of hydrogen-bond donors (Lipinski definition) is 3. The predicted octanol–water partition coefficient (Wildman–Crippen LogP) is 1.03. The standard InChI is InChI=1S/C10H10BrNO5/c1-17-10(16)7(12)6-5(11)3-2-4(8(6)13)9(14)15/h2-3,7,13H,12H2,1H3,(H,14,15)/t7-/m1/s1. The fraction of sp³-hybridized carbons (Fsp3) is 0.200. The first kappa shape index (κ1) is 13.5. The van der Waals surface area contributed by atoms with Gasteiger partial charge >= 0.3 is 11.9 Å². The number of ether oxygens (including phenoxy) is 1. The molecule has 0 aliphatic rings. The maximum Gasteiger partial charge on any atom is 0.339 e. The number of phenols is 1. The minimum Gasteiger partial charge on any atom is -0.507 e. The normalized spacial score (nSPS) is 11.9. The number of benzene rings is 1. The van der Waals surface area contributed by atoms with Gasteiger partial charge in [-0.15, -0.1) is 0 Å². The van der Waals surface area contributed by atoms with Crippen LogP contribution in [-0.4, -0.2) is 29.3 Å². The van der Waals surface area contributed by atoms with Crippen molar-refractivity contribution in [3.05, 3.63) is 27.7 Å². The highest BCUT2D eigenvalue weighted by Gasteiger charge is 2.26. The largest absolute Gasteiger partial charge is 0.507 e. The van der Waals surface area contributed by atoms with E-state index in [2.05, 4.69) is 20.7 Å². The molecule has 0 saturated heterocycles. The summed E-state index contributed by atoms with van der Waals surface area (Å²) in [5.74, 6) is -2.64. The Labute approximate surface area is 105 Å². The topological polar surface area (TPSA) is 110 Å². The molecule has 0 fully saturated rings. The lowest BCUT2D eigenvalue weighted by Gasteiger charge is -2.14. The van der Waals surface area contributed by atoms with E-state index < -0.39 is 23.7 Å². The molecule has 0 heterocycles. The van der Waals surface area contributed by atoms with Gasteiger partial charge in [0.05, 0.1) is 7.11 Å². The zero-order valence-corrected chi connectivity index (χ0v) is 10.4. The number of aromatic carboxylic acids is 1. The van der Waals surface area contributed by atoms with Crippen LogP contribution in [0.4, 0.5) is 0 Å². The minimum atomic E-state index is -1.31. The summed E-state index contributed by atoms with van der Waals surface area (Å²) >= 11 is 3.09. The van der Waals surface area contributed by atoms with E-state index in [1.165, 1.54) is 12.1 Å². The van der Waals surface area contributed by atoms with Crippen LogP contribution in [0.2, 0.25) is 0 Å². The van der Waals surface area contributed by atoms with E-state index >= 15 is 0 Å². The summed E-state index contributed by atoms with van der Waals surface area (Å²) in [7, 11) is 1.15. The van der Waals surface area contributed by atoms with Gasteiger partial charge in [0.1, 0.15) is 17.4 Å². The van der Waals surface area contributed by atoms with Gasteiger partial charge in [0.25, 0.3) is 0 Å². The van der Waals surface area contributed by atoms with Gasteiger partial charge < -0.3 is 20.7 Å². The van der Waals surface area contributed by atoms with Gasteiger partial charge in [-0.25, -0.2) is 4.79 Å². The Morgan fingerprint density at radius 2 is 2.06 bits per heavy atom. The Hall–Kier alpha value is -1.60. The van der Waals surface area contributed by atoms with Crippen LogP contribution in [0.5, 0.6) is 5.75 Å². The summed E-state index contributed by atoms with van der Waals surface area (Å²) in [5, 5.41) is 18.6. The Morgan fingerprint density at radius 1 is 1.47 bits per heavy atom. The number of aromatic hydroxyl groups is 1. The van der Waals surface area contributed by atoms with Crippen molar-refractivity contribution in [3.63, 3.8) is 0 Å². The average Bonchev–Trinajstić information content (AvgIpc) is 2.27. The van der Waals surface area contributed by atoms with Crippen LogP contribution in [0.25, 0.3) is 0 Å². The molecule has 0 saturated carbocycles. The van der Waals surface area contributed by atoms with Gasteiger partial charge in [-0.1, -0.05) is 15.9 Å². The van der Waals surface area contributed by atoms with Crippen LogP contribution in [0.15, 0.2) is 16.6 Å². The van der Waals surface area contributed by atoms with E-state index in [1.54, 1.807) is 0 Å². The number of halogens is 1. The highest BCUT2D eigenvalue weighted by Crippen LogP contribution is 2.34. The zero-order chi connectivity index (χ0) is 13.2. The molecule has 1 atom stereocenters. The van der Waals surface area contributed by atoms with Crippen LogP contribution in [0.1, 0.15) is 22.0 Å². The van der Waals surface area contributed by atoms with E-state index in [1.807, 2.05) is 0 Å². The monoisotopic (exact) mass is 303 g/mol. The Kier molecular flexibility index (Phi) is 4.08. The lowest BCUT2D eigenvalue weighted by atomic mass is 10.0. The van der Waals surface area contributed by atoms with Crippen molar-refractivity contribution in [1.82, 2.24) is 0 Å². The molecule has 1 aromatic carbocycles. The molecule has 92 valence electrons. The summed E-state index contributed by atoms with van der Waals surface area (Å²) in [4.78, 5) is 22.1. The quantitative estimate of drug-likeness (QED) is 0.719. The fourth-order valence-electron chi connectivity index (χ4n) is 1.30. The van der Waals surface area contributed by atoms with E-state index in [-0.39, 0.29) is 11.1 Å². The SMILES string of the molecule is COC(=O)[C@H](N)c1c(Br)ccc(C(=O)O)c1O. The number of hydrogen-bond acceptors (Lipinski definition) is 5. The Bertz CT molecular complexity index is 474. The molecule has 17 heavy (non-hydrogen) atoms. The lowest BCUT2D eigenvalue weighted by Crippen LogP contribution is -2.23. The first-order valence-corrected chi connectivity index (χ1v) is 5.27. The Morgan fingerprint density at radius 3 is 2.53 bits per heavy atom. The summed E-state index contributed by atoms with van der Waals surface area (Å²) < 4.78 is 4.76. The number of carbonyl (C=O) groups excluding carboxylic acids is 1. The van der Waals surface area contributed by atoms with Gasteiger partial charge in [-0.3, -0.25) is 4.79 Å². The number of methoxy groups -OCH3 is 1. The van der Waals surface area contributed by atoms with E-state index in [0.717, 1.165) is 7.11 Å². The molecular formula is C10H10BrNO5. The van der Waals surface area contributed by atoms with E-state index in [0.29, 0.717) is 4.47 Å². The third-order valence-electron chi connectivity index (χ3n) is 2.16. The number of esters is 1. The van der Waals surface area contributed by atoms with Crippen LogP contribution in [0.3, 0.4) is 0 Å². The van der Waals surface area contributed by atoms with Gasteiger partial charge in [0, 0.05) is 10.0 Å². The molecule has 0 aromatic heterocycles. The molecule has 0 amide bonds. The van der Waals surface area contributed by atoms with Crippen molar-refractivity contribution in [2.24, 2.45) is 5.73 Å². The molecule has 0 unspecified atom stereocenters. The molecule has 6 nitrogen and oxygen atoms in total. The maximum absolute atomic E-state index is 11.3. The number of carboxylic acid groups (broad SMARTS) is 1. The van der Waals surface area contributed by atoms with Crippen LogP contribution >= 0.6 is 15.9 Å². The minimum absolute atomic E-state index is 0.0169. The van der Waals surface area contributed by atoms with Gasteiger partial charge in [0.2, 0.25) is 0 Å². The summed E-state index contributed by atoms with van der Waals surface area (Å²) in [6.45, 7) is 0. The first-order chi connectivity index (χ1) is 7.90. The summed E-state index contributed by atoms with van der Waals surface area (Å²) in [5.41, 5.74) is 5.21. The van der Waals surface area contributed by atoms with Gasteiger partial charge in [-0.2, -0.15) is 0 Å². The molecular weight excluding hydrogens is 294 g/mol. The predicted molar refractivity (Wildman–Crippen MR) is 61.7 cm³/mol. The van der Waals surface area contributed by atoms with Crippen LogP contribution in [-0.2, 0) is 9.53 Å². The van der Waals surface area contributed by atoms with Crippen molar-refractivity contribution < 1.29 is 24.5 Å². The molecule has 0 aliphatic heterocycles. The smallest absolute Gasteiger partial charge is 0.339 e. The highest BCUT2D eigenvalue weighted by molar-refractivity contribution is 9.10. The van der Waals surface area contributed by atoms with Crippen LogP contribution in [0, 0.1) is 0 Å². The van der Waals surface area contributed by atoms with E-state index in [9.17, 15) is 14.7 Å². The second-order valence-electron chi connectivity index (χ2n) is 3.16. The molecule has 1 aromatic rings. The second-order valence-corrected chi connectivity index (χ2v) is 4.02.